The van der Waals surface area contributed by atoms with E-state index in [1.54, 1.807) is 24.3 Å². The second kappa shape index (κ2) is 8.75. The fourth-order valence-electron chi connectivity index (χ4n) is 4.91. The van der Waals surface area contributed by atoms with Crippen molar-refractivity contribution in [2.45, 2.75) is 45.6 Å². The Kier molecular flexibility index (Phi) is 6.29. The van der Waals surface area contributed by atoms with Gasteiger partial charge >= 0.3 is 0 Å². The van der Waals surface area contributed by atoms with Crippen molar-refractivity contribution in [2.75, 3.05) is 16.3 Å². The smallest absolute Gasteiger partial charge is 0.270 e. The first-order valence-electron chi connectivity index (χ1n) is 10.8. The normalized spacial score (nSPS) is 21.3. The molecule has 2 aliphatic rings. The molecule has 1 atom stereocenters. The lowest BCUT2D eigenvalue weighted by molar-refractivity contribution is -0.122. The summed E-state index contributed by atoms with van der Waals surface area (Å²) in [4.78, 5) is 29.7. The van der Waals surface area contributed by atoms with Crippen molar-refractivity contribution in [3.05, 3.63) is 63.1 Å². The zero-order chi connectivity index (χ0) is 24.1. The van der Waals surface area contributed by atoms with E-state index >= 15 is 0 Å². The van der Waals surface area contributed by atoms with Gasteiger partial charge in [-0.05, 0) is 86.8 Å². The molecule has 172 valence electrons. The van der Waals surface area contributed by atoms with E-state index in [2.05, 4.69) is 50.0 Å². The van der Waals surface area contributed by atoms with Crippen molar-refractivity contribution in [2.24, 2.45) is 0 Å². The molecule has 8 heteroatoms. The fourth-order valence-corrected chi connectivity index (χ4v) is 5.56. The molecule has 5 nitrogen and oxygen atoms in total. The quantitative estimate of drug-likeness (QED) is 0.321. The minimum atomic E-state index is -0.546. The van der Waals surface area contributed by atoms with Gasteiger partial charge in [-0.1, -0.05) is 42.3 Å². The van der Waals surface area contributed by atoms with Crippen molar-refractivity contribution in [1.29, 1.82) is 0 Å². The van der Waals surface area contributed by atoms with Crippen LogP contribution < -0.4 is 15.1 Å². The van der Waals surface area contributed by atoms with Gasteiger partial charge in [-0.15, -0.1) is 0 Å². The first-order chi connectivity index (χ1) is 15.5. The Morgan fingerprint density at radius 1 is 1.18 bits per heavy atom. The molecule has 2 aromatic rings. The van der Waals surface area contributed by atoms with Gasteiger partial charge < -0.3 is 4.90 Å². The lowest BCUT2D eigenvalue weighted by atomic mass is 9.79. The summed E-state index contributed by atoms with van der Waals surface area (Å²) >= 11 is 17.7. The molecule has 0 aliphatic carbocycles. The van der Waals surface area contributed by atoms with Gasteiger partial charge in [0.05, 0.1) is 15.7 Å². The van der Waals surface area contributed by atoms with E-state index in [-0.39, 0.29) is 21.2 Å². The van der Waals surface area contributed by atoms with E-state index < -0.39 is 11.8 Å². The average Bonchev–Trinajstić information content (AvgIpc) is 2.74. The number of fused-ring (bicyclic) bond motifs is 1. The van der Waals surface area contributed by atoms with Crippen LogP contribution in [-0.4, -0.2) is 29.0 Å². The van der Waals surface area contributed by atoms with E-state index in [0.717, 1.165) is 18.5 Å². The van der Waals surface area contributed by atoms with Crippen molar-refractivity contribution in [3.63, 3.8) is 0 Å². The number of amides is 2. The van der Waals surface area contributed by atoms with E-state index in [4.69, 9.17) is 35.4 Å². The third kappa shape index (κ3) is 4.16. The molecule has 0 aromatic heterocycles. The largest absolute Gasteiger partial charge is 0.366 e. The van der Waals surface area contributed by atoms with Gasteiger partial charge in [-0.2, -0.15) is 0 Å². The molecule has 2 heterocycles. The monoisotopic (exact) mass is 501 g/mol. The second-order valence-corrected chi connectivity index (χ2v) is 10.2. The van der Waals surface area contributed by atoms with Gasteiger partial charge in [0.1, 0.15) is 5.57 Å². The van der Waals surface area contributed by atoms with E-state index in [1.807, 2.05) is 6.07 Å². The van der Waals surface area contributed by atoms with Gasteiger partial charge in [-0.25, -0.2) is 0 Å². The van der Waals surface area contributed by atoms with Gasteiger partial charge in [0, 0.05) is 17.8 Å². The highest BCUT2D eigenvalue weighted by atomic mass is 35.5. The van der Waals surface area contributed by atoms with E-state index in [0.29, 0.717) is 16.6 Å². The molecule has 2 aromatic carbocycles. The van der Waals surface area contributed by atoms with Crippen LogP contribution in [0.5, 0.6) is 0 Å². The molecule has 1 fully saturated rings. The Balaban J connectivity index is 1.75. The molecule has 1 saturated heterocycles. The minimum absolute atomic E-state index is 0.0178. The Morgan fingerprint density at radius 2 is 1.91 bits per heavy atom. The Bertz CT molecular complexity index is 1210. The van der Waals surface area contributed by atoms with Crippen LogP contribution >= 0.6 is 35.4 Å². The summed E-state index contributed by atoms with van der Waals surface area (Å²) in [5.74, 6) is -0.738. The zero-order valence-electron chi connectivity index (χ0n) is 18.9. The summed E-state index contributed by atoms with van der Waals surface area (Å²) in [6, 6.07) is 11.0. The standard InChI is InChI=1S/C25H25Cl2N3O2S/c1-5-29-19-10-9-15(11-16(19)14(2)13-25(29,3)4)12-17-22(31)28-24(33)30(23(17)32)20-8-6-7-18(26)21(20)27/h6-12,14H,5,13H2,1-4H3,(H,28,31,33)/b17-12+/t14-/m1/s1. The number of hydrogen-bond acceptors (Lipinski definition) is 4. The number of benzene rings is 2. The molecular formula is C25H25Cl2N3O2S. The average molecular weight is 502 g/mol. The molecule has 0 saturated carbocycles. The lowest BCUT2D eigenvalue weighted by Crippen LogP contribution is -2.54. The topological polar surface area (TPSA) is 52.7 Å². The number of halogens is 2. The van der Waals surface area contributed by atoms with Crippen LogP contribution in [0.2, 0.25) is 10.0 Å². The minimum Gasteiger partial charge on any atom is -0.366 e. The molecule has 2 amide bonds. The third-order valence-electron chi connectivity index (χ3n) is 6.31. The Morgan fingerprint density at radius 3 is 2.61 bits per heavy atom. The SMILES string of the molecule is CCN1c2ccc(/C=C3\C(=O)NC(=S)N(c4cccc(Cl)c4Cl)C3=O)cc2[C@H](C)CC1(C)C. The summed E-state index contributed by atoms with van der Waals surface area (Å²) in [5, 5.41) is 3.04. The molecule has 2 aliphatic heterocycles. The van der Waals surface area contributed by atoms with Crippen LogP contribution in [0.3, 0.4) is 0 Å². The molecule has 1 N–H and O–H groups in total. The Hall–Kier alpha value is -2.41. The molecule has 0 bridgehead atoms. The van der Waals surface area contributed by atoms with Crippen molar-refractivity contribution < 1.29 is 9.59 Å². The molecule has 0 radical (unpaired) electrons. The summed E-state index contributed by atoms with van der Waals surface area (Å²) in [6.45, 7) is 9.79. The number of nitrogens with zero attached hydrogens (tertiary/aromatic N) is 2. The van der Waals surface area contributed by atoms with Gasteiger partial charge in [0.25, 0.3) is 11.8 Å². The number of hydrogen-bond donors (Lipinski definition) is 1. The Labute approximate surface area is 209 Å². The van der Waals surface area contributed by atoms with Crippen LogP contribution in [0.1, 0.15) is 51.2 Å². The van der Waals surface area contributed by atoms with Crippen LogP contribution in [0.15, 0.2) is 42.0 Å². The highest BCUT2D eigenvalue weighted by Crippen LogP contribution is 2.43. The van der Waals surface area contributed by atoms with Crippen molar-refractivity contribution in [1.82, 2.24) is 5.32 Å². The number of anilines is 2. The maximum absolute atomic E-state index is 13.4. The van der Waals surface area contributed by atoms with Crippen LogP contribution in [0, 0.1) is 0 Å². The van der Waals surface area contributed by atoms with Gasteiger partial charge in [0.2, 0.25) is 0 Å². The number of thiocarbonyl (C=S) groups is 1. The van der Waals surface area contributed by atoms with Crippen molar-refractivity contribution in [3.8, 4) is 0 Å². The summed E-state index contributed by atoms with van der Waals surface area (Å²) in [5.41, 5.74) is 3.54. The molecule has 33 heavy (non-hydrogen) atoms. The lowest BCUT2D eigenvalue weighted by Gasteiger charge is -2.47. The van der Waals surface area contributed by atoms with Crippen LogP contribution in [-0.2, 0) is 9.59 Å². The molecule has 0 unspecified atom stereocenters. The molecular weight excluding hydrogens is 477 g/mol. The number of nitrogens with one attached hydrogen (secondary N) is 1. The third-order valence-corrected chi connectivity index (χ3v) is 7.40. The first kappa shape index (κ1) is 23.7. The maximum Gasteiger partial charge on any atom is 0.270 e. The summed E-state index contributed by atoms with van der Waals surface area (Å²) in [6.07, 6.45) is 2.62. The zero-order valence-corrected chi connectivity index (χ0v) is 21.2. The summed E-state index contributed by atoms with van der Waals surface area (Å²) in [7, 11) is 0. The molecule has 0 spiro atoms. The molecule has 4 rings (SSSR count). The highest BCUT2D eigenvalue weighted by molar-refractivity contribution is 7.80. The second-order valence-electron chi connectivity index (χ2n) is 9.01. The summed E-state index contributed by atoms with van der Waals surface area (Å²) < 4.78 is 0. The highest BCUT2D eigenvalue weighted by Gasteiger charge is 2.37. The number of rotatable bonds is 3. The predicted molar refractivity (Wildman–Crippen MR) is 139 cm³/mol. The first-order valence-corrected chi connectivity index (χ1v) is 12.0. The fraction of sp³-hybridized carbons (Fsp3) is 0.320. The van der Waals surface area contributed by atoms with E-state index in [9.17, 15) is 9.59 Å². The van der Waals surface area contributed by atoms with Crippen molar-refractivity contribution >= 4 is 69.8 Å². The predicted octanol–water partition coefficient (Wildman–Crippen LogP) is 5.94. The van der Waals surface area contributed by atoms with Crippen LogP contribution in [0.4, 0.5) is 11.4 Å². The van der Waals surface area contributed by atoms with Crippen LogP contribution in [0.25, 0.3) is 6.08 Å². The van der Waals surface area contributed by atoms with Gasteiger partial charge in [-0.3, -0.25) is 19.8 Å². The number of carbonyl (C=O) groups excluding carboxylic acids is 2. The maximum atomic E-state index is 13.4. The van der Waals surface area contributed by atoms with E-state index in [1.165, 1.54) is 16.2 Å². The van der Waals surface area contributed by atoms with Gasteiger partial charge in [0.15, 0.2) is 5.11 Å². The number of carbonyl (C=O) groups is 2.